The number of likely N-dealkylation sites (tertiary alicyclic amines) is 1. The molecule has 5 nitrogen and oxygen atoms in total. The number of nitrogens with zero attached hydrogens (tertiary/aromatic N) is 3. The van der Waals surface area contributed by atoms with Crippen molar-refractivity contribution in [3.8, 4) is 5.75 Å². The molecule has 3 rings (SSSR count). The first-order valence-electron chi connectivity index (χ1n) is 9.22. The predicted octanol–water partition coefficient (Wildman–Crippen LogP) is 3.20. The molecule has 0 radical (unpaired) electrons. The monoisotopic (exact) mass is 458 g/mol. The fraction of sp³-hybridized carbons (Fsp3) is 0.632. The van der Waals surface area contributed by atoms with Crippen LogP contribution in [0, 0.1) is 5.92 Å². The standard InChI is InChI=1S/C19H30N4O.HI/c1-3-20-19(22-10-4-5-11-22)21-14-16-9-12-23(15-16)17-7-6-8-18(13-17)24-2;/h6-8,13,16H,3-5,9-12,14-15H2,1-2H3,(H,20,21);1H. The molecule has 1 N–H and O–H groups in total. The average molecular weight is 458 g/mol. The highest BCUT2D eigenvalue weighted by atomic mass is 127. The number of rotatable bonds is 5. The number of hydrogen-bond acceptors (Lipinski definition) is 3. The Morgan fingerprint density at radius 2 is 2.08 bits per heavy atom. The molecule has 2 aliphatic heterocycles. The summed E-state index contributed by atoms with van der Waals surface area (Å²) in [5, 5.41) is 3.45. The van der Waals surface area contributed by atoms with Crippen LogP contribution in [0.25, 0.3) is 0 Å². The Labute approximate surface area is 168 Å². The highest BCUT2D eigenvalue weighted by Gasteiger charge is 2.23. The number of aliphatic imine (C=N–C) groups is 1. The molecule has 1 aromatic carbocycles. The zero-order valence-electron chi connectivity index (χ0n) is 15.4. The number of ether oxygens (including phenoxy) is 1. The van der Waals surface area contributed by atoms with Crippen molar-refractivity contribution >= 4 is 35.6 Å². The van der Waals surface area contributed by atoms with Crippen molar-refractivity contribution in [1.82, 2.24) is 10.2 Å². The maximum atomic E-state index is 5.34. The van der Waals surface area contributed by atoms with Crippen LogP contribution in [0.1, 0.15) is 26.2 Å². The lowest BCUT2D eigenvalue weighted by Gasteiger charge is -2.22. The van der Waals surface area contributed by atoms with Crippen LogP contribution in [-0.4, -0.2) is 57.2 Å². The van der Waals surface area contributed by atoms with E-state index in [2.05, 4.69) is 40.2 Å². The van der Waals surface area contributed by atoms with Crippen LogP contribution in [-0.2, 0) is 0 Å². The molecule has 2 fully saturated rings. The zero-order valence-corrected chi connectivity index (χ0v) is 17.7. The fourth-order valence-corrected chi connectivity index (χ4v) is 3.59. The summed E-state index contributed by atoms with van der Waals surface area (Å²) < 4.78 is 5.34. The minimum Gasteiger partial charge on any atom is -0.497 e. The molecule has 6 heteroatoms. The summed E-state index contributed by atoms with van der Waals surface area (Å²) >= 11 is 0. The van der Waals surface area contributed by atoms with Crippen molar-refractivity contribution in [2.24, 2.45) is 10.9 Å². The van der Waals surface area contributed by atoms with Gasteiger partial charge in [0.05, 0.1) is 7.11 Å². The Balaban J connectivity index is 0.00000225. The van der Waals surface area contributed by atoms with Gasteiger partial charge in [-0.25, -0.2) is 0 Å². The molecule has 140 valence electrons. The highest BCUT2D eigenvalue weighted by Crippen LogP contribution is 2.27. The third kappa shape index (κ3) is 5.39. The van der Waals surface area contributed by atoms with Crippen LogP contribution in [0.3, 0.4) is 0 Å². The van der Waals surface area contributed by atoms with Gasteiger partial charge in [0.2, 0.25) is 0 Å². The maximum absolute atomic E-state index is 5.34. The summed E-state index contributed by atoms with van der Waals surface area (Å²) in [6.45, 7) is 8.48. The van der Waals surface area contributed by atoms with Gasteiger partial charge in [-0.1, -0.05) is 6.07 Å². The van der Waals surface area contributed by atoms with Gasteiger partial charge in [-0.2, -0.15) is 0 Å². The van der Waals surface area contributed by atoms with Crippen molar-refractivity contribution in [3.05, 3.63) is 24.3 Å². The van der Waals surface area contributed by atoms with E-state index >= 15 is 0 Å². The molecule has 0 bridgehead atoms. The van der Waals surface area contributed by atoms with Gasteiger partial charge >= 0.3 is 0 Å². The molecule has 2 heterocycles. The minimum absolute atomic E-state index is 0. The van der Waals surface area contributed by atoms with Crippen molar-refractivity contribution in [2.45, 2.75) is 26.2 Å². The number of anilines is 1. The average Bonchev–Trinajstić information content (AvgIpc) is 3.30. The quantitative estimate of drug-likeness (QED) is 0.418. The van der Waals surface area contributed by atoms with Gasteiger partial charge in [-0.05, 0) is 44.2 Å². The molecule has 25 heavy (non-hydrogen) atoms. The summed E-state index contributed by atoms with van der Waals surface area (Å²) in [6, 6.07) is 8.36. The van der Waals surface area contributed by atoms with Crippen LogP contribution < -0.4 is 15.0 Å². The molecule has 2 saturated heterocycles. The molecule has 0 aromatic heterocycles. The molecular weight excluding hydrogens is 427 g/mol. The van der Waals surface area contributed by atoms with E-state index in [1.54, 1.807) is 7.11 Å². The Hall–Kier alpha value is -1.18. The molecule has 0 spiro atoms. The molecular formula is C19H31IN4O. The summed E-state index contributed by atoms with van der Waals surface area (Å²) in [7, 11) is 1.72. The Morgan fingerprint density at radius 3 is 2.80 bits per heavy atom. The molecule has 1 unspecified atom stereocenters. The van der Waals surface area contributed by atoms with E-state index < -0.39 is 0 Å². The number of hydrogen-bond donors (Lipinski definition) is 1. The van der Waals surface area contributed by atoms with Crippen LogP contribution in [0.5, 0.6) is 5.75 Å². The van der Waals surface area contributed by atoms with Gasteiger partial charge < -0.3 is 19.9 Å². The first kappa shape index (κ1) is 20.1. The summed E-state index contributed by atoms with van der Waals surface area (Å²) in [5.41, 5.74) is 1.26. The second kappa shape index (κ2) is 10.1. The third-order valence-electron chi connectivity index (χ3n) is 4.94. The summed E-state index contributed by atoms with van der Waals surface area (Å²) in [4.78, 5) is 9.77. The minimum atomic E-state index is 0. The number of methoxy groups -OCH3 is 1. The Bertz CT molecular complexity index is 560. The van der Waals surface area contributed by atoms with E-state index in [4.69, 9.17) is 9.73 Å². The highest BCUT2D eigenvalue weighted by molar-refractivity contribution is 14.0. The van der Waals surface area contributed by atoms with Crippen molar-refractivity contribution < 1.29 is 4.74 Å². The topological polar surface area (TPSA) is 40.1 Å². The normalized spacial score (nSPS) is 20.6. The smallest absolute Gasteiger partial charge is 0.193 e. The lowest BCUT2D eigenvalue weighted by molar-refractivity contribution is 0.415. The third-order valence-corrected chi connectivity index (χ3v) is 4.94. The number of benzene rings is 1. The first-order valence-corrected chi connectivity index (χ1v) is 9.22. The Kier molecular flexibility index (Phi) is 8.12. The van der Waals surface area contributed by atoms with Crippen molar-refractivity contribution in [2.75, 3.05) is 51.3 Å². The van der Waals surface area contributed by atoms with Gasteiger partial charge in [-0.3, -0.25) is 4.99 Å². The Morgan fingerprint density at radius 1 is 1.28 bits per heavy atom. The van der Waals surface area contributed by atoms with Gasteiger partial charge in [0.25, 0.3) is 0 Å². The van der Waals surface area contributed by atoms with E-state index in [-0.39, 0.29) is 24.0 Å². The summed E-state index contributed by atoms with van der Waals surface area (Å²) in [5.74, 6) is 2.67. The van der Waals surface area contributed by atoms with Gasteiger partial charge in [-0.15, -0.1) is 24.0 Å². The summed E-state index contributed by atoms with van der Waals surface area (Å²) in [6.07, 6.45) is 3.79. The van der Waals surface area contributed by atoms with Gasteiger partial charge in [0.1, 0.15) is 5.75 Å². The largest absolute Gasteiger partial charge is 0.497 e. The molecule has 1 atom stereocenters. The molecule has 1 aromatic rings. The second-order valence-electron chi connectivity index (χ2n) is 6.69. The first-order chi connectivity index (χ1) is 11.8. The van der Waals surface area contributed by atoms with Gasteiger partial charge in [0.15, 0.2) is 5.96 Å². The molecule has 0 amide bonds. The van der Waals surface area contributed by atoms with Crippen molar-refractivity contribution in [3.63, 3.8) is 0 Å². The van der Waals surface area contributed by atoms with Crippen LogP contribution >= 0.6 is 24.0 Å². The van der Waals surface area contributed by atoms with E-state index in [0.29, 0.717) is 5.92 Å². The predicted molar refractivity (Wildman–Crippen MR) is 116 cm³/mol. The molecule has 0 aliphatic carbocycles. The van der Waals surface area contributed by atoms with E-state index in [1.807, 2.05) is 6.07 Å². The number of halogens is 1. The van der Waals surface area contributed by atoms with Crippen LogP contribution in [0.4, 0.5) is 5.69 Å². The van der Waals surface area contributed by atoms with E-state index in [0.717, 1.165) is 51.0 Å². The maximum Gasteiger partial charge on any atom is 0.193 e. The lowest BCUT2D eigenvalue weighted by atomic mass is 10.1. The lowest BCUT2D eigenvalue weighted by Crippen LogP contribution is -2.40. The SMILES string of the molecule is CCNC(=NCC1CCN(c2cccc(OC)c2)C1)N1CCCC1.I. The number of guanidine groups is 1. The number of nitrogens with one attached hydrogen (secondary N) is 1. The van der Waals surface area contributed by atoms with E-state index in [1.165, 1.54) is 24.9 Å². The van der Waals surface area contributed by atoms with Crippen LogP contribution in [0.15, 0.2) is 29.3 Å². The fourth-order valence-electron chi connectivity index (χ4n) is 3.59. The zero-order chi connectivity index (χ0) is 16.8. The second-order valence-corrected chi connectivity index (χ2v) is 6.69. The van der Waals surface area contributed by atoms with Gasteiger partial charge in [0, 0.05) is 51.0 Å². The molecule has 0 saturated carbocycles. The van der Waals surface area contributed by atoms with Crippen LogP contribution in [0.2, 0.25) is 0 Å². The molecule has 2 aliphatic rings. The van der Waals surface area contributed by atoms with E-state index in [9.17, 15) is 0 Å². The van der Waals surface area contributed by atoms with Crippen molar-refractivity contribution in [1.29, 1.82) is 0 Å².